The molecule has 1 atom stereocenters. The summed E-state index contributed by atoms with van der Waals surface area (Å²) in [6.07, 6.45) is 3.67. The van der Waals surface area contributed by atoms with Crippen LogP contribution in [0.2, 0.25) is 5.02 Å². The Kier molecular flexibility index (Phi) is 6.46. The summed E-state index contributed by atoms with van der Waals surface area (Å²) >= 11 is 5.87. The van der Waals surface area contributed by atoms with Gasteiger partial charge in [0.25, 0.3) is 0 Å². The lowest BCUT2D eigenvalue weighted by Crippen LogP contribution is -2.53. The molecule has 9 heteroatoms. The van der Waals surface area contributed by atoms with E-state index >= 15 is 0 Å². The first-order valence-corrected chi connectivity index (χ1v) is 12.1. The van der Waals surface area contributed by atoms with Gasteiger partial charge < -0.3 is 14.4 Å². The molecule has 4 rings (SSSR count). The molecule has 29 heavy (non-hydrogen) atoms. The van der Waals surface area contributed by atoms with Gasteiger partial charge in [-0.05, 0) is 56.4 Å². The van der Waals surface area contributed by atoms with E-state index in [1.54, 1.807) is 12.1 Å². The summed E-state index contributed by atoms with van der Waals surface area (Å²) in [5, 5.41) is 0.500. The number of hydrogen-bond acceptors (Lipinski definition) is 5. The molecule has 0 spiro atoms. The number of nitrogens with zero attached hydrogens (tertiary/aromatic N) is 2. The van der Waals surface area contributed by atoms with E-state index in [0.29, 0.717) is 44.2 Å². The summed E-state index contributed by atoms with van der Waals surface area (Å²) < 4.78 is 38.5. The number of carbonyl (C=O) groups excluding carboxylic acids is 1. The first-order valence-electron chi connectivity index (χ1n) is 10.3. The van der Waals surface area contributed by atoms with Crippen molar-refractivity contribution in [3.63, 3.8) is 0 Å². The van der Waals surface area contributed by atoms with Crippen molar-refractivity contribution < 1.29 is 22.7 Å². The maximum atomic E-state index is 13.2. The Morgan fingerprint density at radius 3 is 2.28 bits per heavy atom. The van der Waals surface area contributed by atoms with Crippen LogP contribution in [0.3, 0.4) is 0 Å². The van der Waals surface area contributed by atoms with Crippen LogP contribution in [-0.4, -0.2) is 68.7 Å². The molecular formula is C20H27ClN2O5S. The number of benzene rings is 1. The topological polar surface area (TPSA) is 76.2 Å². The average molecular weight is 443 g/mol. The van der Waals surface area contributed by atoms with Crippen LogP contribution in [0.1, 0.15) is 32.1 Å². The van der Waals surface area contributed by atoms with E-state index in [4.69, 9.17) is 21.1 Å². The summed E-state index contributed by atoms with van der Waals surface area (Å²) in [6.45, 7) is 2.55. The van der Waals surface area contributed by atoms with Crippen LogP contribution < -0.4 is 0 Å². The first-order chi connectivity index (χ1) is 14.0. The van der Waals surface area contributed by atoms with Gasteiger partial charge in [0.1, 0.15) is 0 Å². The van der Waals surface area contributed by atoms with E-state index in [9.17, 15) is 13.2 Å². The highest BCUT2D eigenvalue weighted by Gasteiger charge is 2.40. The van der Waals surface area contributed by atoms with E-state index in [0.717, 1.165) is 25.8 Å². The fourth-order valence-corrected chi connectivity index (χ4v) is 6.04. The SMILES string of the molecule is O=C(C1CCN(S(=O)(=O)c2ccc(Cl)cc2)CC1)N1CCCCC1C1OCCO1. The zero-order valence-electron chi connectivity index (χ0n) is 16.3. The smallest absolute Gasteiger partial charge is 0.243 e. The Balaban J connectivity index is 1.39. The lowest BCUT2D eigenvalue weighted by Gasteiger charge is -2.41. The largest absolute Gasteiger partial charge is 0.348 e. The summed E-state index contributed by atoms with van der Waals surface area (Å²) in [5.74, 6) is -0.0500. The number of amides is 1. The monoisotopic (exact) mass is 442 g/mol. The second-order valence-corrected chi connectivity index (χ2v) is 10.2. The lowest BCUT2D eigenvalue weighted by atomic mass is 9.93. The van der Waals surface area contributed by atoms with Gasteiger partial charge in [-0.25, -0.2) is 8.42 Å². The number of rotatable bonds is 4. The summed E-state index contributed by atoms with van der Waals surface area (Å²) in [7, 11) is -3.57. The van der Waals surface area contributed by atoms with Gasteiger partial charge in [-0.3, -0.25) is 4.79 Å². The molecule has 1 aromatic carbocycles. The number of ether oxygens (including phenoxy) is 2. The van der Waals surface area contributed by atoms with Crippen LogP contribution in [0.4, 0.5) is 0 Å². The highest BCUT2D eigenvalue weighted by atomic mass is 35.5. The fraction of sp³-hybridized carbons (Fsp3) is 0.650. The zero-order chi connectivity index (χ0) is 20.4. The third kappa shape index (κ3) is 4.46. The number of hydrogen-bond donors (Lipinski definition) is 0. The Morgan fingerprint density at radius 2 is 1.62 bits per heavy atom. The van der Waals surface area contributed by atoms with Gasteiger partial charge in [-0.2, -0.15) is 4.31 Å². The standard InChI is InChI=1S/C20H27ClN2O5S/c21-16-4-6-17(7-5-16)29(25,26)22-11-8-15(9-12-22)19(24)23-10-2-1-3-18(23)20-27-13-14-28-20/h4-7,15,18,20H,1-3,8-14H2. The number of piperidine rings is 2. The third-order valence-corrected chi connectivity index (χ3v) is 8.21. The van der Waals surface area contributed by atoms with E-state index in [1.165, 1.54) is 16.4 Å². The van der Waals surface area contributed by atoms with Gasteiger partial charge in [0.05, 0.1) is 24.2 Å². The van der Waals surface area contributed by atoms with Crippen molar-refractivity contribution in [2.45, 2.75) is 49.3 Å². The fourth-order valence-electron chi connectivity index (χ4n) is 4.45. The Hall–Kier alpha value is -1.19. The maximum Gasteiger partial charge on any atom is 0.243 e. The Labute approximate surface area is 176 Å². The lowest BCUT2D eigenvalue weighted by molar-refractivity contribution is -0.155. The van der Waals surface area contributed by atoms with Crippen molar-refractivity contribution in [2.24, 2.45) is 5.92 Å². The second-order valence-electron chi connectivity index (χ2n) is 7.84. The zero-order valence-corrected chi connectivity index (χ0v) is 17.9. The highest BCUT2D eigenvalue weighted by molar-refractivity contribution is 7.89. The molecule has 160 valence electrons. The molecule has 1 amide bonds. The summed E-state index contributed by atoms with van der Waals surface area (Å²) in [6, 6.07) is 6.17. The van der Waals surface area contributed by atoms with E-state index in [1.807, 2.05) is 4.90 Å². The third-order valence-electron chi connectivity index (χ3n) is 6.05. The highest BCUT2D eigenvalue weighted by Crippen LogP contribution is 2.30. The molecule has 7 nitrogen and oxygen atoms in total. The molecule has 0 saturated carbocycles. The molecule has 3 aliphatic heterocycles. The molecule has 0 N–H and O–H groups in total. The molecule has 0 aliphatic carbocycles. The van der Waals surface area contributed by atoms with Gasteiger partial charge in [0.15, 0.2) is 6.29 Å². The molecule has 1 unspecified atom stereocenters. The van der Waals surface area contributed by atoms with Gasteiger partial charge in [-0.15, -0.1) is 0 Å². The van der Waals surface area contributed by atoms with Crippen LogP contribution in [0.5, 0.6) is 0 Å². The van der Waals surface area contributed by atoms with Crippen LogP contribution in [0, 0.1) is 5.92 Å². The van der Waals surface area contributed by atoms with Gasteiger partial charge >= 0.3 is 0 Å². The van der Waals surface area contributed by atoms with Gasteiger partial charge in [0.2, 0.25) is 15.9 Å². The predicted molar refractivity (Wildman–Crippen MR) is 108 cm³/mol. The predicted octanol–water partition coefficient (Wildman–Crippen LogP) is 2.49. The summed E-state index contributed by atoms with van der Waals surface area (Å²) in [5.41, 5.74) is 0. The minimum Gasteiger partial charge on any atom is -0.348 e. The van der Waals surface area contributed by atoms with Gasteiger partial charge in [0, 0.05) is 30.6 Å². The van der Waals surface area contributed by atoms with Crippen molar-refractivity contribution in [3.8, 4) is 0 Å². The van der Waals surface area contributed by atoms with E-state index < -0.39 is 10.0 Å². The molecular weight excluding hydrogens is 416 g/mol. The average Bonchev–Trinajstić information content (AvgIpc) is 3.28. The van der Waals surface area contributed by atoms with E-state index in [2.05, 4.69) is 0 Å². The van der Waals surface area contributed by atoms with Crippen molar-refractivity contribution >= 4 is 27.5 Å². The second kappa shape index (κ2) is 8.89. The number of likely N-dealkylation sites (tertiary alicyclic amines) is 1. The Bertz CT molecular complexity index is 818. The molecule has 3 saturated heterocycles. The Morgan fingerprint density at radius 1 is 0.966 bits per heavy atom. The summed E-state index contributed by atoms with van der Waals surface area (Å²) in [4.78, 5) is 15.4. The van der Waals surface area contributed by atoms with Crippen LogP contribution in [0.25, 0.3) is 0 Å². The number of halogens is 1. The van der Waals surface area contributed by atoms with E-state index in [-0.39, 0.29) is 29.1 Å². The molecule has 0 bridgehead atoms. The molecule has 0 aromatic heterocycles. The number of carbonyl (C=O) groups is 1. The normalized spacial score (nSPS) is 25.4. The van der Waals surface area contributed by atoms with Crippen LogP contribution in [0.15, 0.2) is 29.2 Å². The molecule has 3 fully saturated rings. The molecule has 0 radical (unpaired) electrons. The minimum absolute atomic E-state index is 0.0328. The van der Waals surface area contributed by atoms with Crippen molar-refractivity contribution in [1.29, 1.82) is 0 Å². The first kappa shape index (κ1) is 21.1. The molecule has 3 heterocycles. The quantitative estimate of drug-likeness (QED) is 0.716. The number of sulfonamides is 1. The molecule has 3 aliphatic rings. The van der Waals surface area contributed by atoms with Crippen molar-refractivity contribution in [2.75, 3.05) is 32.8 Å². The van der Waals surface area contributed by atoms with Crippen LogP contribution in [-0.2, 0) is 24.3 Å². The van der Waals surface area contributed by atoms with Crippen molar-refractivity contribution in [1.82, 2.24) is 9.21 Å². The van der Waals surface area contributed by atoms with Crippen LogP contribution >= 0.6 is 11.6 Å². The van der Waals surface area contributed by atoms with Gasteiger partial charge in [-0.1, -0.05) is 11.6 Å². The minimum atomic E-state index is -3.57. The maximum absolute atomic E-state index is 13.2. The molecule has 1 aromatic rings. The van der Waals surface area contributed by atoms with Crippen molar-refractivity contribution in [3.05, 3.63) is 29.3 Å².